The van der Waals surface area contributed by atoms with E-state index in [9.17, 15) is 14.4 Å². The van der Waals surface area contributed by atoms with Gasteiger partial charge in [-0.2, -0.15) is 4.68 Å². The van der Waals surface area contributed by atoms with Crippen molar-refractivity contribution < 1.29 is 9.59 Å². The molecule has 0 radical (unpaired) electrons. The average Bonchev–Trinajstić information content (AvgIpc) is 3.00. The number of Topliss-reactive ketones (excluding diaryl/α,β-unsaturated/α-hetero) is 1. The van der Waals surface area contributed by atoms with Crippen molar-refractivity contribution in [1.29, 1.82) is 0 Å². The van der Waals surface area contributed by atoms with Gasteiger partial charge in [0.1, 0.15) is 6.33 Å². The highest BCUT2D eigenvalue weighted by Crippen LogP contribution is 2.17. The summed E-state index contributed by atoms with van der Waals surface area (Å²) in [5, 5.41) is 7.99. The Morgan fingerprint density at radius 3 is 2.30 bits per heavy atom. The summed E-state index contributed by atoms with van der Waals surface area (Å²) in [6, 6.07) is 4.55. The van der Waals surface area contributed by atoms with E-state index in [0.717, 1.165) is 21.4 Å². The number of amides is 1. The molecule has 2 heterocycles. The molecule has 2 aromatic heterocycles. The molecular formula is C18H20N6O3. The van der Waals surface area contributed by atoms with E-state index < -0.39 is 23.3 Å². The number of nitrogens with zero attached hydrogens (tertiary/aromatic N) is 6. The third-order valence-electron chi connectivity index (χ3n) is 4.18. The lowest BCUT2D eigenvalue weighted by molar-refractivity contribution is -0.137. The molecule has 9 heteroatoms. The molecule has 0 aliphatic heterocycles. The third-order valence-corrected chi connectivity index (χ3v) is 4.18. The monoisotopic (exact) mass is 368 g/mol. The van der Waals surface area contributed by atoms with Crippen molar-refractivity contribution in [1.82, 2.24) is 29.4 Å². The minimum absolute atomic E-state index is 0.00512. The second-order valence-electron chi connectivity index (χ2n) is 6.72. The minimum Gasteiger partial charge on any atom is -0.347 e. The van der Waals surface area contributed by atoms with Gasteiger partial charge in [0.2, 0.25) is 0 Å². The first kappa shape index (κ1) is 18.4. The van der Waals surface area contributed by atoms with Crippen molar-refractivity contribution in [3.63, 3.8) is 0 Å². The van der Waals surface area contributed by atoms with Crippen LogP contribution in [0.4, 0.5) is 0 Å². The quantitative estimate of drug-likeness (QED) is 0.632. The zero-order valence-electron chi connectivity index (χ0n) is 15.8. The maximum Gasteiger partial charge on any atom is 0.284 e. The Balaban J connectivity index is 2.19. The molecule has 3 aromatic rings. The van der Waals surface area contributed by atoms with Gasteiger partial charge in [-0.15, -0.1) is 5.10 Å². The standard InChI is InChI=1S/C18H20N6O3/c1-10-6-11(2)8-13(7-10)24-16-14(20-21-24)17(26)23(9-19-16)15(12(3)25)18(27)22(4)5/h6-9,15H,1-5H3. The number of ketones is 1. The van der Waals surface area contributed by atoms with Crippen molar-refractivity contribution in [2.45, 2.75) is 26.8 Å². The van der Waals surface area contributed by atoms with Gasteiger partial charge in [-0.05, 0) is 44.0 Å². The Morgan fingerprint density at radius 2 is 1.74 bits per heavy atom. The lowest BCUT2D eigenvalue weighted by Gasteiger charge is -2.19. The van der Waals surface area contributed by atoms with Crippen LogP contribution in [0.25, 0.3) is 16.9 Å². The number of aromatic nitrogens is 5. The SMILES string of the molecule is CC(=O)C(C(=O)N(C)C)n1cnc2c(nnn2-c2cc(C)cc(C)c2)c1=O. The smallest absolute Gasteiger partial charge is 0.284 e. The van der Waals surface area contributed by atoms with Crippen LogP contribution in [0, 0.1) is 13.8 Å². The van der Waals surface area contributed by atoms with Crippen LogP contribution in [0.2, 0.25) is 0 Å². The van der Waals surface area contributed by atoms with Gasteiger partial charge in [-0.3, -0.25) is 19.0 Å². The van der Waals surface area contributed by atoms with Gasteiger partial charge >= 0.3 is 0 Å². The number of carbonyl (C=O) groups excluding carboxylic acids is 2. The molecule has 1 atom stereocenters. The lowest BCUT2D eigenvalue weighted by atomic mass is 10.1. The maximum atomic E-state index is 12.9. The Bertz CT molecular complexity index is 1090. The molecule has 1 unspecified atom stereocenters. The number of benzene rings is 1. The Labute approximate surface area is 155 Å². The zero-order valence-corrected chi connectivity index (χ0v) is 15.8. The van der Waals surface area contributed by atoms with Gasteiger partial charge < -0.3 is 4.90 Å². The first-order valence-corrected chi connectivity index (χ1v) is 8.33. The molecule has 0 aliphatic carbocycles. The highest BCUT2D eigenvalue weighted by Gasteiger charge is 2.29. The molecule has 0 saturated carbocycles. The highest BCUT2D eigenvalue weighted by atomic mass is 16.2. The maximum absolute atomic E-state index is 12.9. The van der Waals surface area contributed by atoms with Crippen LogP contribution >= 0.6 is 0 Å². The minimum atomic E-state index is -1.28. The number of hydrogen-bond donors (Lipinski definition) is 0. The first-order chi connectivity index (χ1) is 12.7. The highest BCUT2D eigenvalue weighted by molar-refractivity contribution is 6.02. The van der Waals surface area contributed by atoms with E-state index in [1.165, 1.54) is 36.9 Å². The Kier molecular flexibility index (Phi) is 4.61. The summed E-state index contributed by atoms with van der Waals surface area (Å²) in [6.07, 6.45) is 1.20. The summed E-state index contributed by atoms with van der Waals surface area (Å²) in [5.41, 5.74) is 2.47. The van der Waals surface area contributed by atoms with Gasteiger partial charge in [0, 0.05) is 14.1 Å². The van der Waals surface area contributed by atoms with Gasteiger partial charge in [-0.1, -0.05) is 11.3 Å². The summed E-state index contributed by atoms with van der Waals surface area (Å²) in [7, 11) is 3.04. The van der Waals surface area contributed by atoms with Crippen molar-refractivity contribution in [2.24, 2.45) is 0 Å². The normalized spacial score (nSPS) is 12.2. The summed E-state index contributed by atoms with van der Waals surface area (Å²) in [6.45, 7) is 5.18. The van der Waals surface area contributed by atoms with Crippen molar-refractivity contribution in [3.05, 3.63) is 46.0 Å². The summed E-state index contributed by atoms with van der Waals surface area (Å²) in [5.74, 6) is -0.967. The van der Waals surface area contributed by atoms with E-state index in [1.807, 2.05) is 32.0 Å². The predicted molar refractivity (Wildman–Crippen MR) is 98.8 cm³/mol. The largest absolute Gasteiger partial charge is 0.347 e. The van der Waals surface area contributed by atoms with Crippen LogP contribution in [0.1, 0.15) is 24.1 Å². The first-order valence-electron chi connectivity index (χ1n) is 8.33. The number of likely N-dealkylation sites (N-methyl/N-ethyl adjacent to an activating group) is 1. The molecule has 140 valence electrons. The van der Waals surface area contributed by atoms with Crippen molar-refractivity contribution >= 4 is 22.9 Å². The number of rotatable bonds is 4. The fourth-order valence-corrected chi connectivity index (χ4v) is 2.99. The molecule has 0 N–H and O–H groups in total. The average molecular weight is 368 g/mol. The number of fused-ring (bicyclic) bond motifs is 1. The summed E-state index contributed by atoms with van der Waals surface area (Å²) in [4.78, 5) is 42.7. The molecule has 1 amide bonds. The van der Waals surface area contributed by atoms with Crippen LogP contribution < -0.4 is 5.56 Å². The third kappa shape index (κ3) is 3.23. The van der Waals surface area contributed by atoms with Crippen LogP contribution in [0.3, 0.4) is 0 Å². The second-order valence-corrected chi connectivity index (χ2v) is 6.72. The molecule has 27 heavy (non-hydrogen) atoms. The molecule has 9 nitrogen and oxygen atoms in total. The number of hydrogen-bond acceptors (Lipinski definition) is 6. The summed E-state index contributed by atoms with van der Waals surface area (Å²) >= 11 is 0. The Hall–Kier alpha value is -3.36. The fraction of sp³-hybridized carbons (Fsp3) is 0.333. The van der Waals surface area contributed by atoms with Crippen molar-refractivity contribution in [3.8, 4) is 5.69 Å². The molecule has 0 bridgehead atoms. The van der Waals surface area contributed by atoms with E-state index in [0.29, 0.717) is 0 Å². The van der Waals surface area contributed by atoms with Gasteiger partial charge in [-0.25, -0.2) is 4.98 Å². The predicted octanol–water partition coefficient (Wildman–Crippen LogP) is 0.812. The molecule has 0 fully saturated rings. The van der Waals surface area contributed by atoms with Crippen LogP contribution in [0.15, 0.2) is 29.3 Å². The van der Waals surface area contributed by atoms with E-state index in [4.69, 9.17) is 0 Å². The zero-order chi connectivity index (χ0) is 19.9. The molecule has 3 rings (SSSR count). The van der Waals surface area contributed by atoms with Gasteiger partial charge in [0.25, 0.3) is 11.5 Å². The van der Waals surface area contributed by atoms with E-state index in [2.05, 4.69) is 15.3 Å². The lowest BCUT2D eigenvalue weighted by Crippen LogP contribution is -2.40. The van der Waals surface area contributed by atoms with E-state index in [1.54, 1.807) is 0 Å². The van der Waals surface area contributed by atoms with Gasteiger partial charge in [0.05, 0.1) is 5.69 Å². The molecule has 0 saturated heterocycles. The number of carbonyl (C=O) groups is 2. The molecule has 0 aliphatic rings. The fourth-order valence-electron chi connectivity index (χ4n) is 2.99. The molecule has 1 aromatic carbocycles. The number of aryl methyl sites for hydroxylation is 2. The Morgan fingerprint density at radius 1 is 1.11 bits per heavy atom. The molecular weight excluding hydrogens is 348 g/mol. The second kappa shape index (κ2) is 6.75. The van der Waals surface area contributed by atoms with E-state index >= 15 is 0 Å². The van der Waals surface area contributed by atoms with Crippen LogP contribution in [0.5, 0.6) is 0 Å². The van der Waals surface area contributed by atoms with E-state index in [-0.39, 0.29) is 11.2 Å². The summed E-state index contributed by atoms with van der Waals surface area (Å²) < 4.78 is 2.48. The van der Waals surface area contributed by atoms with Crippen LogP contribution in [-0.2, 0) is 9.59 Å². The molecule has 0 spiro atoms. The van der Waals surface area contributed by atoms with Crippen LogP contribution in [-0.4, -0.2) is 55.2 Å². The van der Waals surface area contributed by atoms with Crippen molar-refractivity contribution in [2.75, 3.05) is 14.1 Å². The topological polar surface area (TPSA) is 103 Å². The van der Waals surface area contributed by atoms with Gasteiger partial charge in [0.15, 0.2) is 23.0 Å².